The average molecular weight is 420 g/mol. The van der Waals surface area contributed by atoms with Gasteiger partial charge < -0.3 is 9.47 Å². The Balaban J connectivity index is 2.08. The van der Waals surface area contributed by atoms with Gasteiger partial charge >= 0.3 is 0 Å². The van der Waals surface area contributed by atoms with Crippen LogP contribution in [0, 0.1) is 13.8 Å². The normalized spacial score (nSPS) is 15.0. The minimum atomic E-state index is -4.45. The van der Waals surface area contributed by atoms with Crippen LogP contribution in [-0.2, 0) is 23.6 Å². The lowest BCUT2D eigenvalue weighted by Gasteiger charge is -2.25. The van der Waals surface area contributed by atoms with Crippen LogP contribution in [0.4, 0.5) is 17.3 Å². The first-order chi connectivity index (χ1) is 13.7. The third-order valence-corrected chi connectivity index (χ3v) is 6.41. The van der Waals surface area contributed by atoms with E-state index in [4.69, 9.17) is 0 Å². The highest BCUT2D eigenvalue weighted by atomic mass is 32.2. The maximum Gasteiger partial charge on any atom is 0.296 e. The van der Waals surface area contributed by atoms with Crippen molar-refractivity contribution in [3.05, 3.63) is 29.1 Å². The first kappa shape index (κ1) is 21.4. The molecule has 0 fully saturated rings. The second kappa shape index (κ2) is 8.62. The summed E-state index contributed by atoms with van der Waals surface area (Å²) in [6, 6.07) is 3.30. The molecule has 0 aliphatic carbocycles. The molecule has 2 aromatic rings. The molecule has 0 unspecified atom stereocenters. The Bertz CT molecular complexity index is 1030. The van der Waals surface area contributed by atoms with Crippen molar-refractivity contribution in [3.63, 3.8) is 0 Å². The quantitative estimate of drug-likeness (QED) is 0.543. The molecular formula is C20H29N5O3S. The Labute approximate surface area is 172 Å². The molecule has 1 aliphatic rings. The van der Waals surface area contributed by atoms with Gasteiger partial charge in [0, 0.05) is 31.5 Å². The van der Waals surface area contributed by atoms with Gasteiger partial charge in [-0.3, -0.25) is 4.55 Å². The van der Waals surface area contributed by atoms with Crippen molar-refractivity contribution in [1.29, 1.82) is 0 Å². The van der Waals surface area contributed by atoms with Gasteiger partial charge in [0.05, 0.1) is 5.69 Å². The van der Waals surface area contributed by atoms with Crippen LogP contribution in [0.2, 0.25) is 0 Å². The van der Waals surface area contributed by atoms with E-state index in [9.17, 15) is 13.0 Å². The lowest BCUT2D eigenvalue weighted by atomic mass is 10.1. The smallest absolute Gasteiger partial charge is 0.296 e. The summed E-state index contributed by atoms with van der Waals surface area (Å²) >= 11 is 0. The third-order valence-electron chi connectivity index (χ3n) is 5.53. The zero-order valence-electron chi connectivity index (χ0n) is 17.5. The number of anilines is 1. The number of benzene rings is 1. The van der Waals surface area contributed by atoms with Crippen LogP contribution in [0.1, 0.15) is 49.6 Å². The standard InChI is InChI=1S/C20H29N5O3S/c1-5-6-10-25-11-8-7-9-16-12-17(19(13-18(16)25)29(26,27)28)22-23-20-21-14(2)15(3)24(20)4/h12-13H,5-11H2,1-4H3,(H,26,27,28). The van der Waals surface area contributed by atoms with Gasteiger partial charge in [0.15, 0.2) is 0 Å². The van der Waals surface area contributed by atoms with Crippen molar-refractivity contribution in [2.24, 2.45) is 17.3 Å². The van der Waals surface area contributed by atoms with E-state index < -0.39 is 10.1 Å². The lowest BCUT2D eigenvalue weighted by Crippen LogP contribution is -2.25. The zero-order chi connectivity index (χ0) is 21.2. The van der Waals surface area contributed by atoms with Crippen molar-refractivity contribution in [1.82, 2.24) is 9.55 Å². The second-order valence-electron chi connectivity index (χ2n) is 7.56. The van der Waals surface area contributed by atoms with Crippen LogP contribution >= 0.6 is 0 Å². The maximum absolute atomic E-state index is 12.1. The van der Waals surface area contributed by atoms with Gasteiger partial charge in [-0.15, -0.1) is 10.2 Å². The van der Waals surface area contributed by atoms with Crippen LogP contribution in [0.15, 0.2) is 27.3 Å². The highest BCUT2D eigenvalue weighted by Gasteiger charge is 2.23. The number of nitrogens with zero attached hydrogens (tertiary/aromatic N) is 5. The topological polar surface area (TPSA) is 100 Å². The summed E-state index contributed by atoms with van der Waals surface area (Å²) in [5.74, 6) is 0.390. The van der Waals surface area contributed by atoms with Crippen LogP contribution < -0.4 is 4.90 Å². The number of aromatic nitrogens is 2. The lowest BCUT2D eigenvalue weighted by molar-refractivity contribution is 0.483. The van der Waals surface area contributed by atoms with Gasteiger partial charge in [0.2, 0.25) is 5.95 Å². The molecule has 1 aliphatic heterocycles. The maximum atomic E-state index is 12.1. The van der Waals surface area contributed by atoms with Gasteiger partial charge in [-0.1, -0.05) is 13.3 Å². The Morgan fingerprint density at radius 3 is 2.59 bits per heavy atom. The van der Waals surface area contributed by atoms with E-state index >= 15 is 0 Å². The molecule has 0 spiro atoms. The Morgan fingerprint density at radius 2 is 1.97 bits per heavy atom. The molecule has 8 nitrogen and oxygen atoms in total. The van der Waals surface area contributed by atoms with E-state index in [1.54, 1.807) is 16.7 Å². The van der Waals surface area contributed by atoms with Gasteiger partial charge in [0.1, 0.15) is 10.6 Å². The average Bonchev–Trinajstić information content (AvgIpc) is 2.83. The predicted octanol–water partition coefficient (Wildman–Crippen LogP) is 4.64. The second-order valence-corrected chi connectivity index (χ2v) is 8.95. The molecule has 2 heterocycles. The summed E-state index contributed by atoms with van der Waals surface area (Å²) in [6.45, 7) is 7.68. The van der Waals surface area contributed by atoms with Crippen LogP contribution in [0.5, 0.6) is 0 Å². The highest BCUT2D eigenvalue weighted by Crippen LogP contribution is 2.36. The molecule has 158 valence electrons. The molecule has 1 N–H and O–H groups in total. The van der Waals surface area contributed by atoms with Gasteiger partial charge in [0.25, 0.3) is 10.1 Å². The summed E-state index contributed by atoms with van der Waals surface area (Å²) < 4.78 is 35.8. The molecule has 0 bridgehead atoms. The van der Waals surface area contributed by atoms with E-state index in [1.165, 1.54) is 0 Å². The number of hydrogen-bond acceptors (Lipinski definition) is 6. The largest absolute Gasteiger partial charge is 0.371 e. The fraction of sp³-hybridized carbons (Fsp3) is 0.550. The number of aryl methyl sites for hydroxylation is 2. The number of fused-ring (bicyclic) bond motifs is 1. The number of imidazole rings is 1. The van der Waals surface area contributed by atoms with Crippen LogP contribution in [-0.4, -0.2) is 35.6 Å². The number of unbranched alkanes of at least 4 members (excludes halogenated alkanes) is 1. The molecule has 9 heteroatoms. The van der Waals surface area contributed by atoms with Gasteiger partial charge in [-0.2, -0.15) is 8.42 Å². The number of azo groups is 1. The summed E-state index contributed by atoms with van der Waals surface area (Å²) in [4.78, 5) is 6.35. The fourth-order valence-electron chi connectivity index (χ4n) is 3.59. The molecule has 29 heavy (non-hydrogen) atoms. The minimum Gasteiger partial charge on any atom is -0.371 e. The van der Waals surface area contributed by atoms with Crippen molar-refractivity contribution < 1.29 is 13.0 Å². The van der Waals surface area contributed by atoms with Crippen molar-refractivity contribution in [2.75, 3.05) is 18.0 Å². The molecule has 1 aromatic heterocycles. The first-order valence-electron chi connectivity index (χ1n) is 10.0. The molecule has 0 atom stereocenters. The monoisotopic (exact) mass is 419 g/mol. The SMILES string of the molecule is CCCCN1CCCCc2cc(N=Nc3nc(C)c(C)n3C)c(S(=O)(=O)O)cc21. The molecule has 3 rings (SSSR count). The van der Waals surface area contributed by atoms with E-state index in [0.29, 0.717) is 5.95 Å². The molecule has 0 radical (unpaired) electrons. The molecule has 1 aromatic carbocycles. The first-order valence-corrected chi connectivity index (χ1v) is 11.5. The zero-order valence-corrected chi connectivity index (χ0v) is 18.3. The summed E-state index contributed by atoms with van der Waals surface area (Å²) in [5, 5.41) is 8.33. The Hall–Kier alpha value is -2.26. The van der Waals surface area contributed by atoms with Crippen LogP contribution in [0.3, 0.4) is 0 Å². The van der Waals surface area contributed by atoms with Gasteiger partial charge in [-0.25, -0.2) is 4.98 Å². The Kier molecular flexibility index (Phi) is 6.38. The van der Waals surface area contributed by atoms with E-state index in [2.05, 4.69) is 27.0 Å². The molecule has 0 amide bonds. The Morgan fingerprint density at radius 1 is 1.21 bits per heavy atom. The number of hydrogen-bond donors (Lipinski definition) is 1. The third kappa shape index (κ3) is 4.67. The molecular weight excluding hydrogens is 390 g/mol. The van der Waals surface area contributed by atoms with Crippen molar-refractivity contribution in [3.8, 4) is 0 Å². The van der Waals surface area contributed by atoms with E-state index in [-0.39, 0.29) is 10.6 Å². The van der Waals surface area contributed by atoms with Crippen LogP contribution in [0.25, 0.3) is 0 Å². The fourth-order valence-corrected chi connectivity index (χ4v) is 4.21. The summed E-state index contributed by atoms with van der Waals surface area (Å²) in [7, 11) is -2.62. The minimum absolute atomic E-state index is 0.141. The van der Waals surface area contributed by atoms with E-state index in [0.717, 1.165) is 67.8 Å². The summed E-state index contributed by atoms with van der Waals surface area (Å²) in [6.07, 6.45) is 5.00. The molecule has 0 saturated heterocycles. The predicted molar refractivity (Wildman–Crippen MR) is 113 cm³/mol. The van der Waals surface area contributed by atoms with E-state index in [1.807, 2.05) is 20.9 Å². The molecule has 0 saturated carbocycles. The summed E-state index contributed by atoms with van der Waals surface area (Å²) in [5.41, 5.74) is 3.84. The highest BCUT2D eigenvalue weighted by molar-refractivity contribution is 7.86. The van der Waals surface area contributed by atoms with Crippen molar-refractivity contribution in [2.45, 2.75) is 57.8 Å². The van der Waals surface area contributed by atoms with Gasteiger partial charge in [-0.05, 0) is 57.2 Å². The van der Waals surface area contributed by atoms with Crippen molar-refractivity contribution >= 4 is 27.4 Å². The number of rotatable bonds is 6.